The smallest absolute Gasteiger partial charge is 0.191 e. The van der Waals surface area contributed by atoms with Crippen LogP contribution in [0.25, 0.3) is 0 Å². The van der Waals surface area contributed by atoms with E-state index < -0.39 is 5.60 Å². The average Bonchev–Trinajstić information content (AvgIpc) is 3.54. The number of fused-ring (bicyclic) bond motifs is 1. The fraction of sp³-hybridized carbons (Fsp3) is 0.409. The third-order valence-electron chi connectivity index (χ3n) is 6.01. The van der Waals surface area contributed by atoms with Crippen molar-refractivity contribution in [1.29, 1.82) is 0 Å². The standard InChI is InChI=1S/C22H23Cl2N3O2/c23-15-5-8-17(24)14(9-15)11-29-22(12-25-13-22)21(28)19-10-27(16-6-7-16)20-4-2-1-3-18(20)26-19/h1-5,8-9,16,19,25-26H,6-7,10-13H2. The molecule has 2 aromatic carbocycles. The molecule has 0 radical (unpaired) electrons. The average molecular weight is 432 g/mol. The molecule has 2 aliphatic heterocycles. The number of carbonyl (C=O) groups excluding carboxylic acids is 1. The maximum absolute atomic E-state index is 13.6. The first-order valence-corrected chi connectivity index (χ1v) is 10.8. The van der Waals surface area contributed by atoms with Crippen LogP contribution in [0.1, 0.15) is 18.4 Å². The van der Waals surface area contributed by atoms with Gasteiger partial charge in [-0.05, 0) is 48.7 Å². The van der Waals surface area contributed by atoms with E-state index in [-0.39, 0.29) is 18.4 Å². The van der Waals surface area contributed by atoms with Gasteiger partial charge in [0.15, 0.2) is 11.4 Å². The molecule has 0 bridgehead atoms. The summed E-state index contributed by atoms with van der Waals surface area (Å²) in [5, 5.41) is 7.85. The highest BCUT2D eigenvalue weighted by atomic mass is 35.5. The van der Waals surface area contributed by atoms with Crippen LogP contribution in [0.3, 0.4) is 0 Å². The molecule has 5 rings (SSSR count). The highest BCUT2D eigenvalue weighted by Crippen LogP contribution is 2.40. The second kappa shape index (κ2) is 7.47. The number of benzene rings is 2. The van der Waals surface area contributed by atoms with E-state index >= 15 is 0 Å². The summed E-state index contributed by atoms with van der Waals surface area (Å²) in [6.07, 6.45) is 2.37. The summed E-state index contributed by atoms with van der Waals surface area (Å²) in [7, 11) is 0. The van der Waals surface area contributed by atoms with Gasteiger partial charge in [-0.1, -0.05) is 35.3 Å². The number of nitrogens with one attached hydrogen (secondary N) is 2. The van der Waals surface area contributed by atoms with E-state index in [2.05, 4.69) is 21.6 Å². The number of rotatable bonds is 6. The number of anilines is 2. The van der Waals surface area contributed by atoms with Crippen molar-refractivity contribution in [1.82, 2.24) is 5.32 Å². The molecule has 5 nitrogen and oxygen atoms in total. The second-order valence-corrected chi connectivity index (χ2v) is 8.93. The molecule has 1 atom stereocenters. The molecular formula is C22H23Cl2N3O2. The molecule has 152 valence electrons. The topological polar surface area (TPSA) is 53.6 Å². The summed E-state index contributed by atoms with van der Waals surface area (Å²) < 4.78 is 6.19. The van der Waals surface area contributed by atoms with E-state index in [1.807, 2.05) is 18.2 Å². The summed E-state index contributed by atoms with van der Waals surface area (Å²) >= 11 is 12.4. The molecule has 3 aliphatic rings. The molecule has 0 aromatic heterocycles. The van der Waals surface area contributed by atoms with Gasteiger partial charge in [0.05, 0.1) is 18.0 Å². The normalized spacial score (nSPS) is 22.4. The Hall–Kier alpha value is -1.79. The molecule has 1 aliphatic carbocycles. The van der Waals surface area contributed by atoms with Crippen molar-refractivity contribution in [3.8, 4) is 0 Å². The molecular weight excluding hydrogens is 409 g/mol. The van der Waals surface area contributed by atoms with Gasteiger partial charge in [0.2, 0.25) is 0 Å². The lowest BCUT2D eigenvalue weighted by molar-refractivity contribution is -0.155. The lowest BCUT2D eigenvalue weighted by atomic mass is 9.86. The Morgan fingerprint density at radius 1 is 1.17 bits per heavy atom. The van der Waals surface area contributed by atoms with Crippen LogP contribution < -0.4 is 15.5 Å². The SMILES string of the molecule is O=C(C1CN(C2CC2)c2ccccc2N1)C1(OCc2cc(Cl)ccc2Cl)CNC1. The van der Waals surface area contributed by atoms with Crippen molar-refractivity contribution in [2.45, 2.75) is 37.1 Å². The first-order chi connectivity index (χ1) is 14.1. The minimum Gasteiger partial charge on any atom is -0.372 e. The van der Waals surface area contributed by atoms with Crippen LogP contribution in [0.4, 0.5) is 11.4 Å². The number of ketones is 1. The zero-order valence-corrected chi connectivity index (χ0v) is 17.5. The molecule has 2 aromatic rings. The van der Waals surface area contributed by atoms with Gasteiger partial charge < -0.3 is 20.3 Å². The number of hydrogen-bond donors (Lipinski definition) is 2. The van der Waals surface area contributed by atoms with Crippen molar-refractivity contribution < 1.29 is 9.53 Å². The largest absolute Gasteiger partial charge is 0.372 e. The number of carbonyl (C=O) groups is 1. The van der Waals surface area contributed by atoms with Gasteiger partial charge in [-0.3, -0.25) is 4.79 Å². The zero-order valence-electron chi connectivity index (χ0n) is 16.0. The van der Waals surface area contributed by atoms with Crippen molar-refractivity contribution >= 4 is 40.4 Å². The predicted octanol–water partition coefficient (Wildman–Crippen LogP) is 3.88. The predicted molar refractivity (Wildman–Crippen MR) is 116 cm³/mol. The van der Waals surface area contributed by atoms with Crippen LogP contribution in [0.5, 0.6) is 0 Å². The van der Waals surface area contributed by atoms with Crippen LogP contribution in [0.2, 0.25) is 10.0 Å². The highest BCUT2D eigenvalue weighted by Gasteiger charge is 2.50. The maximum Gasteiger partial charge on any atom is 0.191 e. The zero-order chi connectivity index (χ0) is 20.0. The van der Waals surface area contributed by atoms with Crippen LogP contribution in [0.15, 0.2) is 42.5 Å². The Kier molecular flexibility index (Phi) is 4.95. The van der Waals surface area contributed by atoms with Gasteiger partial charge in [-0.15, -0.1) is 0 Å². The number of Topliss-reactive ketones (excluding diaryl/α,β-unsaturated/α-hetero) is 1. The first-order valence-electron chi connectivity index (χ1n) is 10.0. The lowest BCUT2D eigenvalue weighted by Crippen LogP contribution is -2.69. The van der Waals surface area contributed by atoms with Crippen molar-refractivity contribution in [2.24, 2.45) is 0 Å². The Balaban J connectivity index is 1.35. The Morgan fingerprint density at radius 3 is 2.69 bits per heavy atom. The van der Waals surface area contributed by atoms with Crippen molar-refractivity contribution in [3.05, 3.63) is 58.1 Å². The summed E-state index contributed by atoms with van der Waals surface area (Å²) in [6, 6.07) is 13.7. The van der Waals surface area contributed by atoms with Gasteiger partial charge in [0, 0.05) is 35.7 Å². The maximum atomic E-state index is 13.6. The molecule has 1 unspecified atom stereocenters. The molecule has 1 saturated carbocycles. The lowest BCUT2D eigenvalue weighted by Gasteiger charge is -2.45. The highest BCUT2D eigenvalue weighted by molar-refractivity contribution is 6.33. The van der Waals surface area contributed by atoms with Crippen LogP contribution in [0, 0.1) is 0 Å². The first kappa shape index (κ1) is 19.2. The van der Waals surface area contributed by atoms with Gasteiger partial charge in [0.25, 0.3) is 0 Å². The van der Waals surface area contributed by atoms with Crippen LogP contribution in [-0.2, 0) is 16.1 Å². The van der Waals surface area contributed by atoms with E-state index in [9.17, 15) is 4.79 Å². The summed E-state index contributed by atoms with van der Waals surface area (Å²) in [6.45, 7) is 1.94. The molecule has 1 saturated heterocycles. The summed E-state index contributed by atoms with van der Waals surface area (Å²) in [4.78, 5) is 15.9. The summed E-state index contributed by atoms with van der Waals surface area (Å²) in [5.74, 6) is 0.0922. The van der Waals surface area contributed by atoms with Gasteiger partial charge in [0.1, 0.15) is 6.04 Å². The fourth-order valence-corrected chi connectivity index (χ4v) is 4.51. The van der Waals surface area contributed by atoms with E-state index in [0.717, 1.165) is 11.3 Å². The van der Waals surface area contributed by atoms with Gasteiger partial charge >= 0.3 is 0 Å². The Labute approximate surface area is 180 Å². The van der Waals surface area contributed by atoms with Crippen molar-refractivity contribution in [3.63, 3.8) is 0 Å². The summed E-state index contributed by atoms with van der Waals surface area (Å²) in [5.41, 5.74) is 2.15. The molecule has 29 heavy (non-hydrogen) atoms. The molecule has 0 amide bonds. The quantitative estimate of drug-likeness (QED) is 0.726. The number of halogens is 2. The number of ether oxygens (including phenoxy) is 1. The minimum atomic E-state index is -0.842. The van der Waals surface area contributed by atoms with Crippen molar-refractivity contribution in [2.75, 3.05) is 29.9 Å². The molecule has 7 heteroatoms. The van der Waals surface area contributed by atoms with Crippen LogP contribution in [-0.4, -0.2) is 43.1 Å². The second-order valence-electron chi connectivity index (χ2n) is 8.08. The Morgan fingerprint density at radius 2 is 1.97 bits per heavy atom. The van der Waals surface area contributed by atoms with Gasteiger partial charge in [-0.2, -0.15) is 0 Å². The molecule has 2 fully saturated rings. The third-order valence-corrected chi connectivity index (χ3v) is 6.61. The van der Waals surface area contributed by atoms with Gasteiger partial charge in [-0.25, -0.2) is 0 Å². The fourth-order valence-electron chi connectivity index (χ4n) is 4.14. The monoisotopic (exact) mass is 431 g/mol. The number of hydrogen-bond acceptors (Lipinski definition) is 5. The Bertz CT molecular complexity index is 943. The molecule has 0 spiro atoms. The number of para-hydroxylation sites is 2. The van der Waals surface area contributed by atoms with Crippen LogP contribution >= 0.6 is 23.2 Å². The minimum absolute atomic E-state index is 0.0922. The third kappa shape index (κ3) is 3.61. The van der Waals surface area contributed by atoms with E-state index in [1.165, 1.54) is 18.5 Å². The number of nitrogens with zero attached hydrogens (tertiary/aromatic N) is 1. The van der Waals surface area contributed by atoms with E-state index in [1.54, 1.807) is 18.2 Å². The van der Waals surface area contributed by atoms with E-state index in [4.69, 9.17) is 27.9 Å². The molecule has 2 N–H and O–H groups in total. The van der Waals surface area contributed by atoms with E-state index in [0.29, 0.717) is 35.7 Å². The molecule has 2 heterocycles.